The van der Waals surface area contributed by atoms with Gasteiger partial charge in [0, 0.05) is 17.1 Å². The maximum Gasteiger partial charge on any atom is 0.109 e. The van der Waals surface area contributed by atoms with Crippen molar-refractivity contribution in [3.8, 4) is 0 Å². The maximum atomic E-state index is 10.3. The van der Waals surface area contributed by atoms with Gasteiger partial charge in [0.2, 0.25) is 0 Å². The molecule has 2 N–H and O–H groups in total. The van der Waals surface area contributed by atoms with Crippen molar-refractivity contribution >= 4 is 27.3 Å². The highest BCUT2D eigenvalue weighted by molar-refractivity contribution is 9.10. The van der Waals surface area contributed by atoms with Crippen molar-refractivity contribution in [2.45, 2.75) is 31.4 Å². The minimum absolute atomic E-state index is 0.636. The normalized spacial score (nSPS) is 20.8. The van der Waals surface area contributed by atoms with Gasteiger partial charge in [-0.25, -0.2) is 0 Å². The second-order valence-corrected chi connectivity index (χ2v) is 5.80. The summed E-state index contributed by atoms with van der Waals surface area (Å²) in [4.78, 5) is 1.01. The van der Waals surface area contributed by atoms with Gasteiger partial charge in [-0.1, -0.05) is 0 Å². The van der Waals surface area contributed by atoms with E-state index >= 15 is 0 Å². The molecule has 1 unspecified atom stereocenters. The van der Waals surface area contributed by atoms with Crippen molar-refractivity contribution in [3.63, 3.8) is 0 Å². The smallest absolute Gasteiger partial charge is 0.109 e. The summed E-state index contributed by atoms with van der Waals surface area (Å²) >= 11 is 5.04. The molecule has 1 aliphatic carbocycles. The molecule has 0 radical (unpaired) electrons. The molecule has 1 aromatic rings. The van der Waals surface area contributed by atoms with Crippen LogP contribution in [0.25, 0.3) is 0 Å². The zero-order chi connectivity index (χ0) is 10.2. The van der Waals surface area contributed by atoms with E-state index in [0.717, 1.165) is 9.35 Å². The summed E-state index contributed by atoms with van der Waals surface area (Å²) in [6, 6.07) is 2.62. The van der Waals surface area contributed by atoms with Crippen LogP contribution in [0.5, 0.6) is 0 Å². The van der Waals surface area contributed by atoms with Crippen LogP contribution < -0.4 is 5.32 Å². The fourth-order valence-corrected chi connectivity index (χ4v) is 3.25. The molecule has 0 aliphatic heterocycles. The molecular formula is C10H14BrNOS. The SMILES string of the molecule is CC(O)(CNC1CC1)c1sccc1Br. The Balaban J connectivity index is 2.02. The largest absolute Gasteiger partial charge is 0.383 e. The van der Waals surface area contributed by atoms with Crippen LogP contribution >= 0.6 is 27.3 Å². The van der Waals surface area contributed by atoms with Gasteiger partial charge in [-0.15, -0.1) is 11.3 Å². The number of thiophene rings is 1. The van der Waals surface area contributed by atoms with E-state index < -0.39 is 5.60 Å². The van der Waals surface area contributed by atoms with Crippen LogP contribution in [0.15, 0.2) is 15.9 Å². The molecule has 4 heteroatoms. The topological polar surface area (TPSA) is 32.3 Å². The van der Waals surface area contributed by atoms with E-state index in [1.54, 1.807) is 11.3 Å². The lowest BCUT2D eigenvalue weighted by atomic mass is 10.1. The highest BCUT2D eigenvalue weighted by Gasteiger charge is 2.30. The molecule has 1 heterocycles. The van der Waals surface area contributed by atoms with Crippen LogP contribution in [0, 0.1) is 0 Å². The molecule has 1 saturated carbocycles. The predicted octanol–water partition coefficient (Wildman–Crippen LogP) is 2.47. The first kappa shape index (κ1) is 10.6. The maximum absolute atomic E-state index is 10.3. The number of hydrogen-bond donors (Lipinski definition) is 2. The second kappa shape index (κ2) is 3.93. The third-order valence-electron chi connectivity index (χ3n) is 2.42. The van der Waals surface area contributed by atoms with Gasteiger partial charge in [-0.3, -0.25) is 0 Å². The van der Waals surface area contributed by atoms with Crippen molar-refractivity contribution < 1.29 is 5.11 Å². The van der Waals surface area contributed by atoms with Crippen LogP contribution in [0.4, 0.5) is 0 Å². The van der Waals surface area contributed by atoms with Crippen molar-refractivity contribution in [1.29, 1.82) is 0 Å². The van der Waals surface area contributed by atoms with Crippen LogP contribution in [-0.4, -0.2) is 17.7 Å². The average molecular weight is 276 g/mol. The summed E-state index contributed by atoms with van der Waals surface area (Å²) in [5.41, 5.74) is -0.754. The van der Waals surface area contributed by atoms with Gasteiger partial charge in [0.15, 0.2) is 0 Å². The molecule has 1 atom stereocenters. The Labute approximate surface area is 96.5 Å². The minimum atomic E-state index is -0.754. The van der Waals surface area contributed by atoms with Gasteiger partial charge in [-0.05, 0) is 47.1 Å². The summed E-state index contributed by atoms with van der Waals surface area (Å²) in [5.74, 6) is 0. The third-order valence-corrected chi connectivity index (χ3v) is 4.51. The summed E-state index contributed by atoms with van der Waals surface area (Å²) in [5, 5.41) is 15.6. The summed E-state index contributed by atoms with van der Waals surface area (Å²) in [7, 11) is 0. The van der Waals surface area contributed by atoms with Crippen molar-refractivity contribution in [2.75, 3.05) is 6.54 Å². The fraction of sp³-hybridized carbons (Fsp3) is 0.600. The quantitative estimate of drug-likeness (QED) is 0.885. The first-order chi connectivity index (χ1) is 6.59. The Kier molecular flexibility index (Phi) is 2.98. The Morgan fingerprint density at radius 3 is 2.93 bits per heavy atom. The number of halogens is 1. The molecule has 0 amide bonds. The highest BCUT2D eigenvalue weighted by Crippen LogP contribution is 2.33. The summed E-state index contributed by atoms with van der Waals surface area (Å²) < 4.78 is 1.00. The van der Waals surface area contributed by atoms with E-state index in [1.165, 1.54) is 12.8 Å². The van der Waals surface area contributed by atoms with E-state index in [0.29, 0.717) is 12.6 Å². The van der Waals surface area contributed by atoms with E-state index in [1.807, 2.05) is 18.4 Å². The molecule has 0 saturated heterocycles. The predicted molar refractivity (Wildman–Crippen MR) is 62.6 cm³/mol. The molecule has 0 spiro atoms. The van der Waals surface area contributed by atoms with Gasteiger partial charge in [0.25, 0.3) is 0 Å². The third kappa shape index (κ3) is 2.37. The fourth-order valence-electron chi connectivity index (χ4n) is 1.39. The molecule has 1 aliphatic rings. The highest BCUT2D eigenvalue weighted by atomic mass is 79.9. The first-order valence-electron chi connectivity index (χ1n) is 4.79. The van der Waals surface area contributed by atoms with Gasteiger partial charge in [0.1, 0.15) is 5.60 Å². The molecule has 0 bridgehead atoms. The Morgan fingerprint density at radius 2 is 2.43 bits per heavy atom. The Bertz CT molecular complexity index is 320. The molecule has 1 aromatic heterocycles. The lowest BCUT2D eigenvalue weighted by Gasteiger charge is -2.23. The zero-order valence-corrected chi connectivity index (χ0v) is 10.5. The number of aliphatic hydroxyl groups is 1. The molecule has 78 valence electrons. The summed E-state index contributed by atoms with van der Waals surface area (Å²) in [6.07, 6.45) is 2.50. The van der Waals surface area contributed by atoms with Gasteiger partial charge in [-0.2, -0.15) is 0 Å². The lowest BCUT2D eigenvalue weighted by Crippen LogP contribution is -2.36. The second-order valence-electron chi connectivity index (χ2n) is 4.03. The minimum Gasteiger partial charge on any atom is -0.383 e. The number of hydrogen-bond acceptors (Lipinski definition) is 3. The van der Waals surface area contributed by atoms with E-state index in [9.17, 15) is 5.11 Å². The number of rotatable bonds is 4. The Morgan fingerprint density at radius 1 is 1.71 bits per heavy atom. The first-order valence-corrected chi connectivity index (χ1v) is 6.46. The molecule has 14 heavy (non-hydrogen) atoms. The van der Waals surface area contributed by atoms with Crippen LogP contribution in [0.3, 0.4) is 0 Å². The van der Waals surface area contributed by atoms with Gasteiger partial charge in [0.05, 0.1) is 4.88 Å². The standard InChI is InChI=1S/C10H14BrNOS/c1-10(13,6-12-7-2-3-7)9-8(11)4-5-14-9/h4-5,7,12-13H,2-3,6H2,1H3. The molecule has 1 fully saturated rings. The molecule has 2 rings (SSSR count). The van der Waals surface area contributed by atoms with Crippen LogP contribution in [-0.2, 0) is 5.60 Å². The van der Waals surface area contributed by atoms with E-state index in [-0.39, 0.29) is 0 Å². The number of nitrogens with one attached hydrogen (secondary N) is 1. The average Bonchev–Trinajstić information content (AvgIpc) is 2.85. The molecule has 0 aromatic carbocycles. The lowest BCUT2D eigenvalue weighted by molar-refractivity contribution is 0.0597. The monoisotopic (exact) mass is 275 g/mol. The van der Waals surface area contributed by atoms with Crippen LogP contribution in [0.1, 0.15) is 24.6 Å². The zero-order valence-electron chi connectivity index (χ0n) is 8.09. The van der Waals surface area contributed by atoms with Gasteiger partial charge >= 0.3 is 0 Å². The van der Waals surface area contributed by atoms with Crippen molar-refractivity contribution in [3.05, 3.63) is 20.8 Å². The van der Waals surface area contributed by atoms with Gasteiger partial charge < -0.3 is 10.4 Å². The molecule has 2 nitrogen and oxygen atoms in total. The van der Waals surface area contributed by atoms with Crippen molar-refractivity contribution in [2.24, 2.45) is 0 Å². The Hall–Kier alpha value is 0.100. The summed E-state index contributed by atoms with van der Waals surface area (Å²) in [6.45, 7) is 2.50. The van der Waals surface area contributed by atoms with E-state index in [2.05, 4.69) is 21.2 Å². The van der Waals surface area contributed by atoms with Crippen LogP contribution in [0.2, 0.25) is 0 Å². The molecular weight excluding hydrogens is 262 g/mol. The van der Waals surface area contributed by atoms with Crippen molar-refractivity contribution in [1.82, 2.24) is 5.32 Å². The van der Waals surface area contributed by atoms with E-state index in [4.69, 9.17) is 0 Å².